The molecule has 1 aliphatic rings. The van der Waals surface area contributed by atoms with E-state index in [4.69, 9.17) is 4.74 Å². The zero-order valence-electron chi connectivity index (χ0n) is 10.4. The minimum Gasteiger partial charge on any atom is -0.481 e. The van der Waals surface area contributed by atoms with Gasteiger partial charge in [-0.1, -0.05) is 0 Å². The molecule has 0 unspecified atom stereocenters. The van der Waals surface area contributed by atoms with Gasteiger partial charge in [-0.05, 0) is 38.9 Å². The number of nitrogens with zero attached hydrogens (tertiary/aromatic N) is 3. The van der Waals surface area contributed by atoms with Crippen molar-refractivity contribution < 1.29 is 4.74 Å². The van der Waals surface area contributed by atoms with E-state index in [-0.39, 0.29) is 0 Å². The van der Waals surface area contributed by atoms with Gasteiger partial charge >= 0.3 is 0 Å². The summed E-state index contributed by atoms with van der Waals surface area (Å²) in [4.78, 5) is 10.6. The van der Waals surface area contributed by atoms with E-state index >= 15 is 0 Å². The van der Waals surface area contributed by atoms with Crippen LogP contribution in [-0.4, -0.2) is 48.2 Å². The van der Waals surface area contributed by atoms with Gasteiger partial charge in [-0.2, -0.15) is 0 Å². The summed E-state index contributed by atoms with van der Waals surface area (Å²) in [5, 5.41) is 3.29. The zero-order chi connectivity index (χ0) is 11.9. The van der Waals surface area contributed by atoms with E-state index in [0.717, 1.165) is 18.8 Å². The van der Waals surface area contributed by atoms with Crippen molar-refractivity contribution in [1.29, 1.82) is 0 Å². The van der Waals surface area contributed by atoms with Crippen LogP contribution >= 0.6 is 0 Å². The van der Waals surface area contributed by atoms with Crippen LogP contribution in [0.4, 0.5) is 5.82 Å². The molecule has 0 aliphatic carbocycles. The van der Waals surface area contributed by atoms with Crippen LogP contribution in [-0.2, 0) is 0 Å². The summed E-state index contributed by atoms with van der Waals surface area (Å²) in [6.45, 7) is 4.65. The maximum Gasteiger partial charge on any atom is 0.218 e. The molecule has 0 saturated carbocycles. The molecular formula is C12H20N4O. The van der Waals surface area contributed by atoms with Crippen LogP contribution in [0, 0.1) is 0 Å². The molecule has 0 atom stereocenters. The first-order chi connectivity index (χ1) is 8.38. The molecule has 0 aromatic carbocycles. The molecule has 1 aromatic heterocycles. The van der Waals surface area contributed by atoms with Gasteiger partial charge in [-0.15, -0.1) is 0 Å². The average molecular weight is 236 g/mol. The Morgan fingerprint density at radius 2 is 2.18 bits per heavy atom. The SMILES string of the molecule is COc1cc(NCCCN2CCCC2)ncn1. The molecule has 2 rings (SSSR count). The van der Waals surface area contributed by atoms with E-state index in [1.54, 1.807) is 7.11 Å². The molecule has 1 aromatic rings. The van der Waals surface area contributed by atoms with Crippen molar-refractivity contribution >= 4 is 5.82 Å². The predicted octanol–water partition coefficient (Wildman–Crippen LogP) is 1.38. The van der Waals surface area contributed by atoms with Gasteiger partial charge in [0.2, 0.25) is 5.88 Å². The number of hydrogen-bond donors (Lipinski definition) is 1. The molecule has 5 heteroatoms. The van der Waals surface area contributed by atoms with Gasteiger partial charge in [0, 0.05) is 12.6 Å². The predicted molar refractivity (Wildman–Crippen MR) is 67.4 cm³/mol. The number of nitrogens with one attached hydrogen (secondary N) is 1. The molecule has 0 spiro atoms. The minimum atomic E-state index is 0.599. The molecule has 94 valence electrons. The quantitative estimate of drug-likeness (QED) is 0.756. The molecule has 2 heterocycles. The van der Waals surface area contributed by atoms with E-state index in [2.05, 4.69) is 20.2 Å². The monoisotopic (exact) mass is 236 g/mol. The van der Waals surface area contributed by atoms with Gasteiger partial charge in [0.15, 0.2) is 0 Å². The van der Waals surface area contributed by atoms with Gasteiger partial charge < -0.3 is 15.0 Å². The van der Waals surface area contributed by atoms with Gasteiger partial charge in [0.05, 0.1) is 7.11 Å². The summed E-state index contributed by atoms with van der Waals surface area (Å²) in [5.74, 6) is 1.43. The molecule has 5 nitrogen and oxygen atoms in total. The molecule has 1 fully saturated rings. The zero-order valence-corrected chi connectivity index (χ0v) is 10.4. The highest BCUT2D eigenvalue weighted by molar-refractivity contribution is 5.36. The highest BCUT2D eigenvalue weighted by atomic mass is 16.5. The molecule has 0 amide bonds. The lowest BCUT2D eigenvalue weighted by atomic mass is 10.4. The van der Waals surface area contributed by atoms with Crippen molar-refractivity contribution in [2.45, 2.75) is 19.3 Å². The molecule has 0 bridgehead atoms. The van der Waals surface area contributed by atoms with Crippen LogP contribution in [0.15, 0.2) is 12.4 Å². The number of hydrogen-bond acceptors (Lipinski definition) is 5. The van der Waals surface area contributed by atoms with Gasteiger partial charge in [0.1, 0.15) is 12.1 Å². The first-order valence-corrected chi connectivity index (χ1v) is 6.21. The summed E-state index contributed by atoms with van der Waals surface area (Å²) in [5.41, 5.74) is 0. The maximum absolute atomic E-state index is 5.04. The summed E-state index contributed by atoms with van der Waals surface area (Å²) in [6, 6.07) is 1.82. The van der Waals surface area contributed by atoms with Crippen LogP contribution in [0.3, 0.4) is 0 Å². The lowest BCUT2D eigenvalue weighted by molar-refractivity contribution is 0.337. The molecule has 17 heavy (non-hydrogen) atoms. The van der Waals surface area contributed by atoms with Crippen molar-refractivity contribution in [2.75, 3.05) is 38.6 Å². The van der Waals surface area contributed by atoms with Crippen molar-refractivity contribution in [3.05, 3.63) is 12.4 Å². The first kappa shape index (κ1) is 12.1. The van der Waals surface area contributed by atoms with E-state index in [9.17, 15) is 0 Å². The molecule has 1 aliphatic heterocycles. The third-order valence-electron chi connectivity index (χ3n) is 3.01. The standard InChI is InChI=1S/C12H20N4O/c1-17-12-9-11(14-10-15-12)13-5-4-8-16-6-2-3-7-16/h9-10H,2-8H2,1H3,(H,13,14,15). The Bertz CT molecular complexity index is 339. The molecule has 1 saturated heterocycles. The highest BCUT2D eigenvalue weighted by Crippen LogP contribution is 2.10. The Kier molecular flexibility index (Phi) is 4.55. The van der Waals surface area contributed by atoms with Crippen LogP contribution in [0.1, 0.15) is 19.3 Å². The largest absolute Gasteiger partial charge is 0.481 e. The Hall–Kier alpha value is -1.36. The molecule has 1 N–H and O–H groups in total. The number of likely N-dealkylation sites (tertiary alicyclic amines) is 1. The van der Waals surface area contributed by atoms with Crippen molar-refractivity contribution in [1.82, 2.24) is 14.9 Å². The fraction of sp³-hybridized carbons (Fsp3) is 0.667. The van der Waals surface area contributed by atoms with Gasteiger partial charge in [-0.3, -0.25) is 0 Å². The van der Waals surface area contributed by atoms with Crippen molar-refractivity contribution in [3.63, 3.8) is 0 Å². The minimum absolute atomic E-state index is 0.599. The Morgan fingerprint density at radius 1 is 1.35 bits per heavy atom. The second-order valence-electron chi connectivity index (χ2n) is 4.27. The Balaban J connectivity index is 1.66. The van der Waals surface area contributed by atoms with Crippen LogP contribution in [0.5, 0.6) is 5.88 Å². The number of ether oxygens (including phenoxy) is 1. The number of rotatable bonds is 6. The second kappa shape index (κ2) is 6.39. The van der Waals surface area contributed by atoms with Gasteiger partial charge in [0.25, 0.3) is 0 Å². The summed E-state index contributed by atoms with van der Waals surface area (Å²) in [6.07, 6.45) is 5.38. The van der Waals surface area contributed by atoms with E-state index in [1.165, 1.54) is 38.8 Å². The Labute approximate surface area is 102 Å². The van der Waals surface area contributed by atoms with Crippen LogP contribution in [0.2, 0.25) is 0 Å². The number of aromatic nitrogens is 2. The first-order valence-electron chi connectivity index (χ1n) is 6.21. The van der Waals surface area contributed by atoms with Crippen LogP contribution in [0.25, 0.3) is 0 Å². The summed E-state index contributed by atoms with van der Waals surface area (Å²) in [7, 11) is 1.61. The summed E-state index contributed by atoms with van der Waals surface area (Å²) < 4.78 is 5.04. The lowest BCUT2D eigenvalue weighted by Crippen LogP contribution is -2.22. The average Bonchev–Trinajstić information content (AvgIpc) is 2.88. The van der Waals surface area contributed by atoms with E-state index in [0.29, 0.717) is 5.88 Å². The third kappa shape index (κ3) is 3.85. The van der Waals surface area contributed by atoms with Crippen molar-refractivity contribution in [3.8, 4) is 5.88 Å². The lowest BCUT2D eigenvalue weighted by Gasteiger charge is -2.14. The smallest absolute Gasteiger partial charge is 0.218 e. The van der Waals surface area contributed by atoms with Crippen molar-refractivity contribution in [2.24, 2.45) is 0 Å². The number of methoxy groups -OCH3 is 1. The molecule has 0 radical (unpaired) electrons. The number of anilines is 1. The molecular weight excluding hydrogens is 216 g/mol. The normalized spacial score (nSPS) is 16.1. The maximum atomic E-state index is 5.04. The van der Waals surface area contributed by atoms with Gasteiger partial charge in [-0.25, -0.2) is 9.97 Å². The second-order valence-corrected chi connectivity index (χ2v) is 4.27. The third-order valence-corrected chi connectivity index (χ3v) is 3.01. The Morgan fingerprint density at radius 3 is 2.94 bits per heavy atom. The topological polar surface area (TPSA) is 50.3 Å². The fourth-order valence-corrected chi connectivity index (χ4v) is 2.07. The van der Waals surface area contributed by atoms with E-state index < -0.39 is 0 Å². The van der Waals surface area contributed by atoms with Crippen LogP contribution < -0.4 is 10.1 Å². The summed E-state index contributed by atoms with van der Waals surface area (Å²) >= 11 is 0. The fourth-order valence-electron chi connectivity index (χ4n) is 2.07. The van der Waals surface area contributed by atoms with E-state index in [1.807, 2.05) is 6.07 Å². The highest BCUT2D eigenvalue weighted by Gasteiger charge is 2.10.